The molecule has 0 aromatic heterocycles. The minimum Gasteiger partial charge on any atom is -0.480 e. The number of anilines is 1. The first kappa shape index (κ1) is 26.3. The van der Waals surface area contributed by atoms with Gasteiger partial charge in [-0.05, 0) is 56.5 Å². The van der Waals surface area contributed by atoms with Crippen LogP contribution in [0.15, 0.2) is 18.2 Å². The molecule has 1 unspecified atom stereocenters. The predicted molar refractivity (Wildman–Crippen MR) is 125 cm³/mol. The third-order valence-electron chi connectivity index (χ3n) is 6.48. The molecule has 0 bridgehead atoms. The Labute approximate surface area is 203 Å². The predicted octanol–water partition coefficient (Wildman–Crippen LogP) is 0.566. The molecule has 11 nitrogen and oxygen atoms in total. The van der Waals surface area contributed by atoms with Gasteiger partial charge in [-0.3, -0.25) is 38.7 Å². The van der Waals surface area contributed by atoms with Crippen molar-refractivity contribution in [1.82, 2.24) is 14.7 Å². The van der Waals surface area contributed by atoms with E-state index in [4.69, 9.17) is 15.9 Å². The molecule has 190 valence electrons. The number of amides is 4. The van der Waals surface area contributed by atoms with Crippen molar-refractivity contribution in [3.05, 3.63) is 29.3 Å². The summed E-state index contributed by atoms with van der Waals surface area (Å²) in [6.07, 6.45) is 2.42. The van der Waals surface area contributed by atoms with E-state index in [9.17, 15) is 24.0 Å². The Morgan fingerprint density at radius 3 is 2.29 bits per heavy atom. The molecular formula is C24H32N4O7. The molecule has 4 amide bonds. The summed E-state index contributed by atoms with van der Waals surface area (Å²) < 4.78 is 0. The molecule has 11 heteroatoms. The van der Waals surface area contributed by atoms with Crippen LogP contribution in [0, 0.1) is 5.92 Å². The van der Waals surface area contributed by atoms with Crippen LogP contribution in [0.3, 0.4) is 0 Å². The second kappa shape index (κ2) is 11.0. The van der Waals surface area contributed by atoms with E-state index in [0.717, 1.165) is 35.7 Å². The van der Waals surface area contributed by atoms with Gasteiger partial charge in [-0.2, -0.15) is 0 Å². The number of nitrogen functional groups attached to an aromatic ring is 1. The average Bonchev–Trinajstić information content (AvgIpc) is 3.39. The van der Waals surface area contributed by atoms with Gasteiger partial charge in [0.25, 0.3) is 17.7 Å². The van der Waals surface area contributed by atoms with E-state index in [1.54, 1.807) is 0 Å². The molecule has 1 aromatic carbocycles. The van der Waals surface area contributed by atoms with Gasteiger partial charge in [0.05, 0.1) is 24.3 Å². The SMILES string of the molecule is CC(C)[C@@H](C(=O)O)N1CCCC1.Nc1ccc2c(c1)C(=O)N(C1CCC(=O)N(CCO)C1=O)C2=O. The van der Waals surface area contributed by atoms with Gasteiger partial charge in [0, 0.05) is 12.1 Å². The van der Waals surface area contributed by atoms with Gasteiger partial charge >= 0.3 is 5.97 Å². The molecule has 3 heterocycles. The highest BCUT2D eigenvalue weighted by atomic mass is 16.4. The Morgan fingerprint density at radius 2 is 1.71 bits per heavy atom. The summed E-state index contributed by atoms with van der Waals surface area (Å²) in [6, 6.07) is 3.06. The van der Waals surface area contributed by atoms with Gasteiger partial charge in [-0.15, -0.1) is 0 Å². The highest BCUT2D eigenvalue weighted by molar-refractivity contribution is 6.23. The molecule has 1 aromatic rings. The largest absolute Gasteiger partial charge is 0.480 e. The lowest BCUT2D eigenvalue weighted by Gasteiger charge is -2.34. The first-order valence-electron chi connectivity index (χ1n) is 11.8. The van der Waals surface area contributed by atoms with Crippen LogP contribution in [-0.4, -0.2) is 92.8 Å². The van der Waals surface area contributed by atoms with Gasteiger partial charge < -0.3 is 15.9 Å². The number of carbonyl (C=O) groups is 5. The van der Waals surface area contributed by atoms with Gasteiger partial charge in [0.1, 0.15) is 12.1 Å². The highest BCUT2D eigenvalue weighted by Gasteiger charge is 2.46. The van der Waals surface area contributed by atoms with E-state index in [-0.39, 0.29) is 49.1 Å². The van der Waals surface area contributed by atoms with Crippen LogP contribution in [0.4, 0.5) is 5.69 Å². The lowest BCUT2D eigenvalue weighted by molar-refractivity contribution is -0.152. The van der Waals surface area contributed by atoms with Crippen LogP contribution in [0.1, 0.15) is 60.2 Å². The topological polar surface area (TPSA) is 162 Å². The number of imide groups is 2. The second-order valence-corrected chi connectivity index (χ2v) is 9.22. The number of nitrogens with two attached hydrogens (primary N) is 1. The number of benzene rings is 1. The van der Waals surface area contributed by atoms with Gasteiger partial charge in [-0.25, -0.2) is 0 Å². The van der Waals surface area contributed by atoms with E-state index in [1.165, 1.54) is 18.2 Å². The molecule has 2 saturated heterocycles. The summed E-state index contributed by atoms with van der Waals surface area (Å²) in [5.74, 6) is -2.68. The lowest BCUT2D eigenvalue weighted by Crippen LogP contribution is -2.56. The number of carbonyl (C=O) groups excluding carboxylic acids is 4. The van der Waals surface area contributed by atoms with Crippen LogP contribution >= 0.6 is 0 Å². The summed E-state index contributed by atoms with van der Waals surface area (Å²) in [7, 11) is 0. The second-order valence-electron chi connectivity index (χ2n) is 9.22. The van der Waals surface area contributed by atoms with Crippen molar-refractivity contribution < 1.29 is 34.2 Å². The van der Waals surface area contributed by atoms with Gasteiger partial charge in [0.2, 0.25) is 5.91 Å². The lowest BCUT2D eigenvalue weighted by atomic mass is 10.0. The van der Waals surface area contributed by atoms with E-state index in [0.29, 0.717) is 5.69 Å². The Hall–Kier alpha value is -3.31. The zero-order chi connectivity index (χ0) is 25.9. The van der Waals surface area contributed by atoms with Crippen LogP contribution in [0.5, 0.6) is 0 Å². The number of rotatable bonds is 6. The maximum Gasteiger partial charge on any atom is 0.321 e. The van der Waals surface area contributed by atoms with Crippen molar-refractivity contribution in [2.24, 2.45) is 5.92 Å². The Morgan fingerprint density at radius 1 is 1.09 bits per heavy atom. The normalized spacial score (nSPS) is 21.3. The molecule has 0 aliphatic carbocycles. The average molecular weight is 489 g/mol. The number of β-amino-alcohol motifs (C(OH)–C–C–N with tert-alkyl or cyclic N) is 1. The van der Waals surface area contributed by atoms with Crippen LogP contribution in [0.2, 0.25) is 0 Å². The van der Waals surface area contributed by atoms with E-state index >= 15 is 0 Å². The number of aliphatic hydroxyl groups is 1. The molecule has 2 atom stereocenters. The number of hydrogen-bond acceptors (Lipinski definition) is 8. The fourth-order valence-electron chi connectivity index (χ4n) is 4.84. The Bertz CT molecular complexity index is 1020. The molecule has 4 N–H and O–H groups in total. The number of nitrogens with zero attached hydrogens (tertiary/aromatic N) is 3. The molecule has 4 rings (SSSR count). The molecule has 3 aliphatic rings. The first-order valence-corrected chi connectivity index (χ1v) is 11.8. The minimum absolute atomic E-state index is 0.0337. The molecule has 0 saturated carbocycles. The number of aliphatic hydroxyl groups excluding tert-OH is 1. The molecule has 3 aliphatic heterocycles. The third-order valence-corrected chi connectivity index (χ3v) is 6.48. The smallest absolute Gasteiger partial charge is 0.321 e. The maximum absolute atomic E-state index is 12.5. The number of carboxylic acid groups (broad SMARTS) is 1. The Kier molecular flexibility index (Phi) is 8.23. The molecule has 0 spiro atoms. The van der Waals surface area contributed by atoms with E-state index in [1.807, 2.05) is 13.8 Å². The van der Waals surface area contributed by atoms with Crippen molar-refractivity contribution in [2.45, 2.75) is 51.6 Å². The van der Waals surface area contributed by atoms with Crippen LogP contribution in [-0.2, 0) is 14.4 Å². The first-order chi connectivity index (χ1) is 16.6. The maximum atomic E-state index is 12.5. The summed E-state index contributed by atoms with van der Waals surface area (Å²) in [6.45, 7) is 5.33. The number of hydrogen-bond donors (Lipinski definition) is 3. The molecule has 35 heavy (non-hydrogen) atoms. The van der Waals surface area contributed by atoms with Crippen molar-refractivity contribution in [3.8, 4) is 0 Å². The summed E-state index contributed by atoms with van der Waals surface area (Å²) in [5.41, 5.74) is 6.34. The van der Waals surface area contributed by atoms with E-state index < -0.39 is 35.6 Å². The summed E-state index contributed by atoms with van der Waals surface area (Å²) in [5, 5.41) is 17.9. The van der Waals surface area contributed by atoms with Crippen molar-refractivity contribution in [1.29, 1.82) is 0 Å². The van der Waals surface area contributed by atoms with Gasteiger partial charge in [-0.1, -0.05) is 13.8 Å². The summed E-state index contributed by atoms with van der Waals surface area (Å²) >= 11 is 0. The number of fused-ring (bicyclic) bond motifs is 1. The van der Waals surface area contributed by atoms with Crippen LogP contribution < -0.4 is 5.73 Å². The highest BCUT2D eigenvalue weighted by Crippen LogP contribution is 2.30. The number of piperidine rings is 1. The molecule has 2 fully saturated rings. The number of likely N-dealkylation sites (tertiary alicyclic amines) is 2. The molecule has 0 radical (unpaired) electrons. The van der Waals surface area contributed by atoms with Crippen LogP contribution in [0.25, 0.3) is 0 Å². The fourth-order valence-corrected chi connectivity index (χ4v) is 4.84. The number of aliphatic carboxylic acids is 1. The van der Waals surface area contributed by atoms with Gasteiger partial charge in [0.15, 0.2) is 0 Å². The third kappa shape index (κ3) is 5.35. The fraction of sp³-hybridized carbons (Fsp3) is 0.542. The van der Waals surface area contributed by atoms with Crippen molar-refractivity contribution in [2.75, 3.05) is 32.0 Å². The minimum atomic E-state index is -1.03. The quantitative estimate of drug-likeness (QED) is 0.384. The number of carboxylic acids is 1. The van der Waals surface area contributed by atoms with Crippen molar-refractivity contribution >= 4 is 35.3 Å². The standard InChI is InChI=1S/C15H15N3O5.C9H17NO2/c16-8-1-2-9-10(7-8)14(22)18(13(9)21)11-3-4-12(20)17(5-6-19)15(11)23;1-7(2)8(9(11)12)10-5-3-4-6-10/h1-2,7,11,19H,3-6,16H2;7-8H,3-6H2,1-2H3,(H,11,12)/t;8-/m.0/s1. The zero-order valence-electron chi connectivity index (χ0n) is 20.0. The monoisotopic (exact) mass is 488 g/mol. The van der Waals surface area contributed by atoms with Crippen molar-refractivity contribution in [3.63, 3.8) is 0 Å². The Balaban J connectivity index is 0.000000241. The molecular weight excluding hydrogens is 456 g/mol. The summed E-state index contributed by atoms with van der Waals surface area (Å²) in [4.78, 5) is 63.9. The zero-order valence-corrected chi connectivity index (χ0v) is 20.0. The van der Waals surface area contributed by atoms with E-state index in [2.05, 4.69) is 4.90 Å².